The Morgan fingerprint density at radius 1 is 1.11 bits per heavy atom. The first-order chi connectivity index (χ1) is 12.8. The summed E-state index contributed by atoms with van der Waals surface area (Å²) >= 11 is 0. The fourth-order valence-corrected chi connectivity index (χ4v) is 3.61. The summed E-state index contributed by atoms with van der Waals surface area (Å²) in [7, 11) is 0. The van der Waals surface area contributed by atoms with Crippen LogP contribution in [-0.4, -0.2) is 34.5 Å². The van der Waals surface area contributed by atoms with Gasteiger partial charge in [-0.25, -0.2) is 14.8 Å². The SMILES string of the molecule is Cc1nc2ccc(C(=O)OCC(=O)NC3CCCC(C)C3C)cc2nc1C. The zero-order valence-electron chi connectivity index (χ0n) is 16.4. The van der Waals surface area contributed by atoms with Crippen molar-refractivity contribution in [1.82, 2.24) is 15.3 Å². The number of benzene rings is 1. The van der Waals surface area contributed by atoms with Crippen molar-refractivity contribution in [3.63, 3.8) is 0 Å². The topological polar surface area (TPSA) is 81.2 Å². The van der Waals surface area contributed by atoms with Gasteiger partial charge >= 0.3 is 5.97 Å². The molecule has 1 aliphatic rings. The highest BCUT2D eigenvalue weighted by atomic mass is 16.5. The van der Waals surface area contributed by atoms with Crippen molar-refractivity contribution >= 4 is 22.9 Å². The number of hydrogen-bond acceptors (Lipinski definition) is 5. The van der Waals surface area contributed by atoms with Gasteiger partial charge in [0.15, 0.2) is 6.61 Å². The average molecular weight is 369 g/mol. The van der Waals surface area contributed by atoms with E-state index in [2.05, 4.69) is 29.1 Å². The second-order valence-electron chi connectivity index (χ2n) is 7.62. The van der Waals surface area contributed by atoms with E-state index >= 15 is 0 Å². The maximum absolute atomic E-state index is 12.3. The normalized spacial score (nSPS) is 22.4. The fourth-order valence-electron chi connectivity index (χ4n) is 3.61. The molecule has 3 atom stereocenters. The van der Waals surface area contributed by atoms with Gasteiger partial charge in [0, 0.05) is 6.04 Å². The number of rotatable bonds is 4. The molecule has 6 nitrogen and oxygen atoms in total. The van der Waals surface area contributed by atoms with Crippen molar-refractivity contribution in [3.8, 4) is 0 Å². The number of aromatic nitrogens is 2. The molecule has 144 valence electrons. The number of amides is 1. The Kier molecular flexibility index (Phi) is 5.73. The average Bonchev–Trinajstić information content (AvgIpc) is 2.64. The molecule has 6 heteroatoms. The predicted molar refractivity (Wildman–Crippen MR) is 103 cm³/mol. The Bertz CT molecular complexity index is 865. The fraction of sp³-hybridized carbons (Fsp3) is 0.524. The standard InChI is InChI=1S/C21H27N3O3/c1-12-6-5-7-17(13(12)2)24-20(25)11-27-21(26)16-8-9-18-19(10-16)23-15(4)14(3)22-18/h8-10,12-13,17H,5-7,11H2,1-4H3,(H,24,25). The van der Waals surface area contributed by atoms with Crippen molar-refractivity contribution in [2.45, 2.75) is 53.0 Å². The van der Waals surface area contributed by atoms with Crippen LogP contribution in [0.2, 0.25) is 0 Å². The number of hydrogen-bond donors (Lipinski definition) is 1. The van der Waals surface area contributed by atoms with Crippen LogP contribution in [0.25, 0.3) is 11.0 Å². The minimum Gasteiger partial charge on any atom is -0.452 e. The first kappa shape index (κ1) is 19.3. The second-order valence-corrected chi connectivity index (χ2v) is 7.62. The van der Waals surface area contributed by atoms with Crippen LogP contribution in [0.5, 0.6) is 0 Å². The lowest BCUT2D eigenvalue weighted by molar-refractivity contribution is -0.125. The molecule has 1 heterocycles. The molecular formula is C21H27N3O3. The van der Waals surface area contributed by atoms with Crippen LogP contribution in [0.1, 0.15) is 54.9 Å². The third-order valence-corrected chi connectivity index (χ3v) is 5.70. The maximum atomic E-state index is 12.3. The van der Waals surface area contributed by atoms with Gasteiger partial charge in [0.2, 0.25) is 0 Å². The lowest BCUT2D eigenvalue weighted by Crippen LogP contribution is -2.45. The first-order valence-electron chi connectivity index (χ1n) is 9.56. The van der Waals surface area contributed by atoms with Gasteiger partial charge in [-0.15, -0.1) is 0 Å². The van der Waals surface area contributed by atoms with Gasteiger partial charge in [0.1, 0.15) is 0 Å². The summed E-state index contributed by atoms with van der Waals surface area (Å²) in [6, 6.07) is 5.20. The summed E-state index contributed by atoms with van der Waals surface area (Å²) in [6.45, 7) is 7.89. The van der Waals surface area contributed by atoms with E-state index in [0.717, 1.165) is 29.7 Å². The zero-order chi connectivity index (χ0) is 19.6. The highest BCUT2D eigenvalue weighted by molar-refractivity contribution is 5.94. The maximum Gasteiger partial charge on any atom is 0.338 e. The number of fused-ring (bicyclic) bond motifs is 1. The van der Waals surface area contributed by atoms with Crippen molar-refractivity contribution < 1.29 is 14.3 Å². The Labute approximate surface area is 159 Å². The molecule has 3 unspecified atom stereocenters. The number of esters is 1. The van der Waals surface area contributed by atoms with Crippen LogP contribution < -0.4 is 5.32 Å². The van der Waals surface area contributed by atoms with E-state index in [1.165, 1.54) is 6.42 Å². The number of carbonyl (C=O) groups is 2. The monoisotopic (exact) mass is 369 g/mol. The Morgan fingerprint density at radius 2 is 1.81 bits per heavy atom. The third kappa shape index (κ3) is 4.43. The molecular weight excluding hydrogens is 342 g/mol. The van der Waals surface area contributed by atoms with Crippen LogP contribution in [0, 0.1) is 25.7 Å². The first-order valence-corrected chi connectivity index (χ1v) is 9.56. The van der Waals surface area contributed by atoms with E-state index in [9.17, 15) is 9.59 Å². The molecule has 2 aromatic rings. The summed E-state index contributed by atoms with van der Waals surface area (Å²) < 4.78 is 5.20. The summed E-state index contributed by atoms with van der Waals surface area (Å²) in [6.07, 6.45) is 3.30. The number of nitrogens with zero attached hydrogens (tertiary/aromatic N) is 2. The third-order valence-electron chi connectivity index (χ3n) is 5.70. The molecule has 0 radical (unpaired) electrons. The van der Waals surface area contributed by atoms with Crippen molar-refractivity contribution in [1.29, 1.82) is 0 Å². The van der Waals surface area contributed by atoms with Crippen LogP contribution in [0.3, 0.4) is 0 Å². The predicted octanol–water partition coefficient (Wildman–Crippen LogP) is 3.34. The van der Waals surface area contributed by atoms with Gasteiger partial charge < -0.3 is 10.1 Å². The molecule has 1 fully saturated rings. The van der Waals surface area contributed by atoms with Crippen LogP contribution in [0.4, 0.5) is 0 Å². The summed E-state index contributed by atoms with van der Waals surface area (Å²) in [4.78, 5) is 33.4. The quantitative estimate of drug-likeness (QED) is 0.836. The Balaban J connectivity index is 1.59. The van der Waals surface area contributed by atoms with Gasteiger partial charge in [-0.05, 0) is 50.3 Å². The summed E-state index contributed by atoms with van der Waals surface area (Å²) in [5.41, 5.74) is 3.42. The number of nitrogens with one attached hydrogen (secondary N) is 1. The van der Waals surface area contributed by atoms with Crippen molar-refractivity contribution in [3.05, 3.63) is 35.2 Å². The highest BCUT2D eigenvalue weighted by Gasteiger charge is 2.28. The van der Waals surface area contributed by atoms with Gasteiger partial charge in [-0.2, -0.15) is 0 Å². The molecule has 27 heavy (non-hydrogen) atoms. The minimum absolute atomic E-state index is 0.155. The lowest BCUT2D eigenvalue weighted by Gasteiger charge is -2.34. The van der Waals surface area contributed by atoms with E-state index in [-0.39, 0.29) is 18.6 Å². The zero-order valence-corrected chi connectivity index (χ0v) is 16.4. The van der Waals surface area contributed by atoms with Crippen molar-refractivity contribution in [2.75, 3.05) is 6.61 Å². The van der Waals surface area contributed by atoms with E-state index in [1.807, 2.05) is 13.8 Å². The molecule has 0 bridgehead atoms. The largest absolute Gasteiger partial charge is 0.452 e. The Hall–Kier alpha value is -2.50. The molecule has 0 spiro atoms. The lowest BCUT2D eigenvalue weighted by atomic mass is 9.78. The molecule has 1 aromatic heterocycles. The summed E-state index contributed by atoms with van der Waals surface area (Å²) in [5, 5.41) is 3.01. The van der Waals surface area contributed by atoms with Crippen LogP contribution >= 0.6 is 0 Å². The molecule has 1 amide bonds. The van der Waals surface area contributed by atoms with Gasteiger partial charge in [0.25, 0.3) is 5.91 Å². The molecule has 1 saturated carbocycles. The molecule has 3 rings (SSSR count). The smallest absolute Gasteiger partial charge is 0.338 e. The van der Waals surface area contributed by atoms with Crippen LogP contribution in [0.15, 0.2) is 18.2 Å². The van der Waals surface area contributed by atoms with Crippen molar-refractivity contribution in [2.24, 2.45) is 11.8 Å². The van der Waals surface area contributed by atoms with Gasteiger partial charge in [-0.3, -0.25) is 4.79 Å². The molecule has 0 saturated heterocycles. The molecule has 0 aliphatic heterocycles. The van der Waals surface area contributed by atoms with E-state index < -0.39 is 5.97 Å². The number of aryl methyl sites for hydroxylation is 2. The van der Waals surface area contributed by atoms with E-state index in [4.69, 9.17) is 4.74 Å². The van der Waals surface area contributed by atoms with Gasteiger partial charge in [-0.1, -0.05) is 26.7 Å². The Morgan fingerprint density at radius 3 is 2.56 bits per heavy atom. The number of carbonyl (C=O) groups excluding carboxylic acids is 2. The second kappa shape index (κ2) is 8.03. The van der Waals surface area contributed by atoms with Gasteiger partial charge in [0.05, 0.1) is 28.0 Å². The van der Waals surface area contributed by atoms with E-state index in [1.54, 1.807) is 18.2 Å². The van der Waals surface area contributed by atoms with Crippen LogP contribution in [-0.2, 0) is 9.53 Å². The molecule has 1 aromatic carbocycles. The van der Waals surface area contributed by atoms with E-state index in [0.29, 0.717) is 22.9 Å². The minimum atomic E-state index is -0.530. The number of ether oxygens (including phenoxy) is 1. The summed E-state index contributed by atoms with van der Waals surface area (Å²) in [5.74, 6) is 0.250. The molecule has 1 aliphatic carbocycles. The molecule has 1 N–H and O–H groups in total. The highest BCUT2D eigenvalue weighted by Crippen LogP contribution is 2.29.